The van der Waals surface area contributed by atoms with Crippen molar-refractivity contribution in [3.8, 4) is 0 Å². The Hall–Kier alpha value is -0.620. The minimum Gasteiger partial charge on any atom is -0.378 e. The second-order valence-electron chi connectivity index (χ2n) is 4.66. The molecule has 1 aliphatic rings. The van der Waals surface area contributed by atoms with Crippen molar-refractivity contribution in [2.45, 2.75) is 13.0 Å². The molecule has 1 fully saturated rings. The third-order valence-corrected chi connectivity index (χ3v) is 4.18. The van der Waals surface area contributed by atoms with E-state index in [1.54, 1.807) is 0 Å². The topological polar surface area (TPSA) is 41.6 Å². The lowest BCUT2D eigenvalue weighted by molar-refractivity contribution is -0.135. The molecular weight excluding hydrogens is 344 g/mol. The zero-order valence-electron chi connectivity index (χ0n) is 11.2. The fourth-order valence-corrected chi connectivity index (χ4v) is 2.88. The number of ether oxygens (including phenoxy) is 1. The summed E-state index contributed by atoms with van der Waals surface area (Å²) >= 11 is 9.37. The quantitative estimate of drug-likeness (QED) is 0.819. The minimum atomic E-state index is 0.191. The maximum atomic E-state index is 11.9. The van der Waals surface area contributed by atoms with Crippen LogP contribution in [0.15, 0.2) is 22.7 Å². The van der Waals surface area contributed by atoms with Crippen LogP contribution < -0.4 is 5.32 Å². The molecular formula is C14H18BrClN2O2. The number of carbonyl (C=O) groups excluding carboxylic acids is 1. The predicted molar refractivity (Wildman–Crippen MR) is 82.9 cm³/mol. The molecule has 0 saturated carbocycles. The van der Waals surface area contributed by atoms with Gasteiger partial charge in [-0.2, -0.15) is 0 Å². The normalized spacial score (nSPS) is 15.4. The Balaban J connectivity index is 1.69. The van der Waals surface area contributed by atoms with Crippen LogP contribution in [-0.4, -0.2) is 43.7 Å². The fourth-order valence-electron chi connectivity index (χ4n) is 2.05. The molecule has 6 heteroatoms. The van der Waals surface area contributed by atoms with Crippen LogP contribution in [0, 0.1) is 0 Å². The van der Waals surface area contributed by atoms with Gasteiger partial charge < -0.3 is 15.0 Å². The molecule has 1 aromatic rings. The first kappa shape index (κ1) is 15.8. The van der Waals surface area contributed by atoms with Gasteiger partial charge in [0.2, 0.25) is 5.91 Å². The molecule has 1 heterocycles. The Labute approximate surface area is 132 Å². The molecule has 2 rings (SSSR count). The first-order valence-corrected chi connectivity index (χ1v) is 7.84. The van der Waals surface area contributed by atoms with Gasteiger partial charge in [0.15, 0.2) is 0 Å². The molecule has 1 aromatic carbocycles. The highest BCUT2D eigenvalue weighted by Gasteiger charge is 2.15. The number of hydrogen-bond acceptors (Lipinski definition) is 3. The number of halogens is 2. The third kappa shape index (κ3) is 4.74. The van der Waals surface area contributed by atoms with E-state index in [1.807, 2.05) is 23.1 Å². The van der Waals surface area contributed by atoms with E-state index in [4.69, 9.17) is 16.3 Å². The van der Waals surface area contributed by atoms with Gasteiger partial charge in [0.1, 0.15) is 0 Å². The van der Waals surface area contributed by atoms with Crippen molar-refractivity contribution in [3.05, 3.63) is 33.3 Å². The number of benzene rings is 1. The van der Waals surface area contributed by atoms with Crippen LogP contribution in [-0.2, 0) is 16.1 Å². The third-order valence-electron chi connectivity index (χ3n) is 3.21. The van der Waals surface area contributed by atoms with Crippen LogP contribution in [0.3, 0.4) is 0 Å². The summed E-state index contributed by atoms with van der Waals surface area (Å²) in [6.07, 6.45) is 0.519. The second kappa shape index (κ2) is 7.98. The first-order chi connectivity index (χ1) is 9.66. The standard InChI is InChI=1S/C14H18BrClN2O2/c15-13-9-12(16)2-1-11(13)10-17-4-3-14(19)18-5-7-20-8-6-18/h1-2,9,17H,3-8,10H2. The summed E-state index contributed by atoms with van der Waals surface area (Å²) < 4.78 is 6.21. The first-order valence-electron chi connectivity index (χ1n) is 6.67. The number of nitrogens with zero attached hydrogens (tertiary/aromatic N) is 1. The lowest BCUT2D eigenvalue weighted by Gasteiger charge is -2.26. The Morgan fingerprint density at radius 3 is 2.85 bits per heavy atom. The van der Waals surface area contributed by atoms with E-state index >= 15 is 0 Å². The second-order valence-corrected chi connectivity index (χ2v) is 5.95. The van der Waals surface area contributed by atoms with Crippen LogP contribution >= 0.6 is 27.5 Å². The van der Waals surface area contributed by atoms with E-state index in [-0.39, 0.29) is 5.91 Å². The maximum absolute atomic E-state index is 11.9. The summed E-state index contributed by atoms with van der Waals surface area (Å²) in [6, 6.07) is 5.71. The smallest absolute Gasteiger partial charge is 0.224 e. The largest absolute Gasteiger partial charge is 0.378 e. The van der Waals surface area contributed by atoms with Crippen LogP contribution in [0.5, 0.6) is 0 Å². The van der Waals surface area contributed by atoms with E-state index < -0.39 is 0 Å². The molecule has 4 nitrogen and oxygen atoms in total. The van der Waals surface area contributed by atoms with Crippen molar-refractivity contribution in [2.75, 3.05) is 32.8 Å². The van der Waals surface area contributed by atoms with Crippen molar-refractivity contribution in [1.82, 2.24) is 10.2 Å². The lowest BCUT2D eigenvalue weighted by Crippen LogP contribution is -2.41. The number of rotatable bonds is 5. The number of amides is 1. The van der Waals surface area contributed by atoms with Crippen molar-refractivity contribution in [3.63, 3.8) is 0 Å². The molecule has 0 radical (unpaired) electrons. The van der Waals surface area contributed by atoms with Gasteiger partial charge in [0.05, 0.1) is 13.2 Å². The van der Waals surface area contributed by atoms with Crippen molar-refractivity contribution >= 4 is 33.4 Å². The van der Waals surface area contributed by atoms with E-state index in [1.165, 1.54) is 0 Å². The van der Waals surface area contributed by atoms with E-state index in [9.17, 15) is 4.79 Å². The average molecular weight is 362 g/mol. The maximum Gasteiger partial charge on any atom is 0.224 e. The van der Waals surface area contributed by atoms with Gasteiger partial charge in [-0.1, -0.05) is 33.6 Å². The van der Waals surface area contributed by atoms with E-state index in [0.29, 0.717) is 50.8 Å². The highest BCUT2D eigenvalue weighted by atomic mass is 79.9. The predicted octanol–water partition coefficient (Wildman–Crippen LogP) is 2.44. The molecule has 0 aliphatic carbocycles. The van der Waals surface area contributed by atoms with Crippen LogP contribution in [0.25, 0.3) is 0 Å². The summed E-state index contributed by atoms with van der Waals surface area (Å²) in [7, 11) is 0. The molecule has 20 heavy (non-hydrogen) atoms. The summed E-state index contributed by atoms with van der Waals surface area (Å²) in [6.45, 7) is 4.11. The average Bonchev–Trinajstić information content (AvgIpc) is 2.46. The van der Waals surface area contributed by atoms with Crippen molar-refractivity contribution in [1.29, 1.82) is 0 Å². The molecule has 0 spiro atoms. The van der Waals surface area contributed by atoms with Gasteiger partial charge in [0.25, 0.3) is 0 Å². The lowest BCUT2D eigenvalue weighted by atomic mass is 10.2. The van der Waals surface area contributed by atoms with Crippen molar-refractivity contribution in [2.24, 2.45) is 0 Å². The monoisotopic (exact) mass is 360 g/mol. The number of carbonyl (C=O) groups is 1. The van der Waals surface area contributed by atoms with Gasteiger partial charge in [-0.15, -0.1) is 0 Å². The Morgan fingerprint density at radius 2 is 2.15 bits per heavy atom. The van der Waals surface area contributed by atoms with Gasteiger partial charge in [0, 0.05) is 42.1 Å². The SMILES string of the molecule is O=C(CCNCc1ccc(Cl)cc1Br)N1CCOCC1. The van der Waals surface area contributed by atoms with E-state index in [0.717, 1.165) is 10.0 Å². The Bertz CT molecular complexity index is 464. The highest BCUT2D eigenvalue weighted by Crippen LogP contribution is 2.21. The summed E-state index contributed by atoms with van der Waals surface area (Å²) in [5, 5.41) is 3.99. The van der Waals surface area contributed by atoms with E-state index in [2.05, 4.69) is 21.2 Å². The molecule has 1 saturated heterocycles. The summed E-state index contributed by atoms with van der Waals surface area (Å²) in [5.41, 5.74) is 1.13. The number of morpholine rings is 1. The summed E-state index contributed by atoms with van der Waals surface area (Å²) in [5.74, 6) is 0.191. The van der Waals surface area contributed by atoms with Gasteiger partial charge >= 0.3 is 0 Å². The Kier molecular flexibility index (Phi) is 6.29. The highest BCUT2D eigenvalue weighted by molar-refractivity contribution is 9.10. The van der Waals surface area contributed by atoms with Gasteiger partial charge in [-0.25, -0.2) is 0 Å². The van der Waals surface area contributed by atoms with Gasteiger partial charge in [-0.05, 0) is 17.7 Å². The molecule has 110 valence electrons. The minimum absolute atomic E-state index is 0.191. The van der Waals surface area contributed by atoms with Gasteiger partial charge in [-0.3, -0.25) is 4.79 Å². The van der Waals surface area contributed by atoms with Crippen LogP contribution in [0.2, 0.25) is 5.02 Å². The summed E-state index contributed by atoms with van der Waals surface area (Å²) in [4.78, 5) is 13.8. The van der Waals surface area contributed by atoms with Crippen LogP contribution in [0.4, 0.5) is 0 Å². The van der Waals surface area contributed by atoms with Crippen LogP contribution in [0.1, 0.15) is 12.0 Å². The number of nitrogens with one attached hydrogen (secondary N) is 1. The molecule has 1 N–H and O–H groups in total. The molecule has 1 amide bonds. The zero-order chi connectivity index (χ0) is 14.4. The van der Waals surface area contributed by atoms with Crippen molar-refractivity contribution < 1.29 is 9.53 Å². The molecule has 1 aliphatic heterocycles. The molecule has 0 bridgehead atoms. The fraction of sp³-hybridized carbons (Fsp3) is 0.500. The molecule has 0 unspecified atom stereocenters. The molecule has 0 atom stereocenters. The zero-order valence-corrected chi connectivity index (χ0v) is 13.5. The number of hydrogen-bond donors (Lipinski definition) is 1. The molecule has 0 aromatic heterocycles. The Morgan fingerprint density at radius 1 is 1.40 bits per heavy atom.